The molecule has 0 bridgehead atoms. The Morgan fingerprint density at radius 3 is 2.28 bits per heavy atom. The fourth-order valence-corrected chi connectivity index (χ4v) is 6.09. The first-order chi connectivity index (χ1) is 23.4. The smallest absolute Gasteiger partial charge is 0.410 e. The van der Waals surface area contributed by atoms with Crippen molar-refractivity contribution >= 4 is 40.7 Å². The van der Waals surface area contributed by atoms with Crippen molar-refractivity contribution in [3.05, 3.63) is 41.6 Å². The first-order valence-corrected chi connectivity index (χ1v) is 17.6. The van der Waals surface area contributed by atoms with E-state index in [-0.39, 0.29) is 11.8 Å². The third-order valence-corrected chi connectivity index (χ3v) is 9.35. The number of ether oxygens (including phenoxy) is 2. The summed E-state index contributed by atoms with van der Waals surface area (Å²) in [5.41, 5.74) is 4.13. The van der Waals surface area contributed by atoms with Gasteiger partial charge in [-0.3, -0.25) is 24.2 Å². The Hall–Kier alpha value is -4.26. The Kier molecular flexibility index (Phi) is 12.1. The van der Waals surface area contributed by atoms with Gasteiger partial charge in [-0.15, -0.1) is 0 Å². The molecular weight excluding hydrogens is 640 g/mol. The van der Waals surface area contributed by atoms with Crippen LogP contribution in [0.5, 0.6) is 0 Å². The van der Waals surface area contributed by atoms with Crippen molar-refractivity contribution in [2.75, 3.05) is 19.6 Å². The number of pyridine rings is 1. The monoisotopic (exact) mass is 694 g/mol. The van der Waals surface area contributed by atoms with E-state index >= 15 is 0 Å². The molecule has 4 atom stereocenters. The predicted molar refractivity (Wildman–Crippen MR) is 188 cm³/mol. The Balaban J connectivity index is 1.30. The maximum atomic E-state index is 13.5. The number of carbonyl (C=O) groups excluding carboxylic acids is 5. The minimum atomic E-state index is -0.931. The predicted octanol–water partition coefficient (Wildman–Crippen LogP) is 4.33. The van der Waals surface area contributed by atoms with Gasteiger partial charge in [0, 0.05) is 30.4 Å². The van der Waals surface area contributed by atoms with E-state index in [1.165, 1.54) is 5.01 Å². The molecule has 1 aromatic carbocycles. The average Bonchev–Trinajstić information content (AvgIpc) is 3.05. The summed E-state index contributed by atoms with van der Waals surface area (Å²) in [5, 5.41) is 8.01. The molecule has 0 unspecified atom stereocenters. The zero-order valence-electron chi connectivity index (χ0n) is 30.9. The number of fused-ring (bicyclic) bond motifs is 1. The number of rotatable bonds is 9. The molecule has 3 N–H and O–H groups in total. The van der Waals surface area contributed by atoms with Gasteiger partial charge in [-0.1, -0.05) is 39.0 Å². The highest BCUT2D eigenvalue weighted by atomic mass is 16.6. The van der Waals surface area contributed by atoms with E-state index in [0.29, 0.717) is 51.0 Å². The molecule has 4 rings (SSSR count). The second kappa shape index (κ2) is 15.7. The fourth-order valence-electron chi connectivity index (χ4n) is 6.09. The number of nitrogens with zero attached hydrogens (tertiary/aromatic N) is 3. The Bertz CT molecular complexity index is 1580. The Labute approximate surface area is 295 Å². The van der Waals surface area contributed by atoms with Gasteiger partial charge in [-0.05, 0) is 90.8 Å². The van der Waals surface area contributed by atoms with Gasteiger partial charge in [0.05, 0.1) is 11.2 Å². The van der Waals surface area contributed by atoms with Crippen LogP contribution in [0.2, 0.25) is 0 Å². The molecule has 2 saturated heterocycles. The zero-order chi connectivity index (χ0) is 37.0. The molecule has 0 aliphatic carbocycles. The van der Waals surface area contributed by atoms with Crippen LogP contribution in [0.25, 0.3) is 10.9 Å². The third kappa shape index (κ3) is 9.70. The van der Waals surface area contributed by atoms with Crippen LogP contribution in [0, 0.1) is 18.3 Å². The van der Waals surface area contributed by atoms with Crippen molar-refractivity contribution in [1.29, 1.82) is 0 Å². The minimum absolute atomic E-state index is 0.262. The summed E-state index contributed by atoms with van der Waals surface area (Å²) in [6.07, 6.45) is 0.877. The number of likely N-dealkylation sites (tertiary alicyclic amines) is 1. The van der Waals surface area contributed by atoms with E-state index in [2.05, 4.69) is 21.0 Å². The standard InChI is InChI=1S/C37H54N6O7/c1-22(2)30(40-34(47)37(9)16-19-42(20-17-37)35(48)50-36(6,7)8)31(44)38-24(4)32(45)43-18-10-11-28(41-43)33(46)49-25(5)27-15-14-26-13-12-23(3)21-29(26)39-27/h12-15,21-22,24-25,28,30,41H,10-11,16-20H2,1-9H3,(H,38,44)(H,40,47)/t24-,25+,28-,30-/m0/s1. The lowest BCUT2D eigenvalue weighted by atomic mass is 9.79. The SMILES string of the molecule is Cc1ccc2ccc([C@@H](C)OC(=O)[C@@H]3CCCN(C(=O)[C@H](C)NC(=O)[C@@H](NC(=O)C4(C)CCN(C(=O)OC(C)(C)C)CC4)C(C)C)N3)nc2c1. The van der Waals surface area contributed by atoms with Crippen LogP contribution in [0.15, 0.2) is 30.3 Å². The van der Waals surface area contributed by atoms with Crippen molar-refractivity contribution in [2.45, 2.75) is 118 Å². The molecule has 4 amide bonds. The summed E-state index contributed by atoms with van der Waals surface area (Å²) in [5.74, 6) is -1.93. The van der Waals surface area contributed by atoms with Crippen LogP contribution in [-0.2, 0) is 28.7 Å². The van der Waals surface area contributed by atoms with Gasteiger partial charge in [0.25, 0.3) is 5.91 Å². The van der Waals surface area contributed by atoms with Crippen LogP contribution in [0.1, 0.15) is 98.4 Å². The highest BCUT2D eigenvalue weighted by Crippen LogP contribution is 2.32. The van der Waals surface area contributed by atoms with Crippen LogP contribution >= 0.6 is 0 Å². The highest BCUT2D eigenvalue weighted by molar-refractivity contribution is 5.93. The molecule has 1 aromatic heterocycles. The molecule has 2 fully saturated rings. The number of benzene rings is 1. The summed E-state index contributed by atoms with van der Waals surface area (Å²) in [6.45, 7) is 17.3. The number of aromatic nitrogens is 1. The largest absolute Gasteiger partial charge is 0.455 e. The molecule has 0 spiro atoms. The van der Waals surface area contributed by atoms with Gasteiger partial charge in [-0.25, -0.2) is 15.2 Å². The summed E-state index contributed by atoms with van der Waals surface area (Å²) in [4.78, 5) is 72.3. The van der Waals surface area contributed by atoms with Gasteiger partial charge in [0.1, 0.15) is 29.8 Å². The van der Waals surface area contributed by atoms with E-state index in [0.717, 1.165) is 16.5 Å². The fraction of sp³-hybridized carbons (Fsp3) is 0.622. The van der Waals surface area contributed by atoms with E-state index in [4.69, 9.17) is 9.47 Å². The van der Waals surface area contributed by atoms with Gasteiger partial charge in [0.15, 0.2) is 0 Å². The van der Waals surface area contributed by atoms with E-state index in [9.17, 15) is 24.0 Å². The number of hydrogen-bond donors (Lipinski definition) is 3. The maximum absolute atomic E-state index is 13.5. The number of esters is 1. The topological polar surface area (TPSA) is 159 Å². The molecular formula is C37H54N6O7. The second-order valence-corrected chi connectivity index (χ2v) is 15.3. The van der Waals surface area contributed by atoms with Crippen LogP contribution in [0.3, 0.4) is 0 Å². The molecule has 2 aliphatic rings. The number of nitrogens with one attached hydrogen (secondary N) is 3. The van der Waals surface area contributed by atoms with Crippen molar-refractivity contribution in [2.24, 2.45) is 11.3 Å². The van der Waals surface area contributed by atoms with Gasteiger partial charge in [-0.2, -0.15) is 0 Å². The van der Waals surface area contributed by atoms with Crippen LogP contribution < -0.4 is 16.1 Å². The third-order valence-electron chi connectivity index (χ3n) is 9.35. The second-order valence-electron chi connectivity index (χ2n) is 15.3. The van der Waals surface area contributed by atoms with Gasteiger partial charge in [0.2, 0.25) is 11.8 Å². The first kappa shape index (κ1) is 38.5. The quantitative estimate of drug-likeness (QED) is 0.325. The number of amides is 4. The Morgan fingerprint density at radius 1 is 0.980 bits per heavy atom. The molecule has 2 aliphatic heterocycles. The van der Waals surface area contributed by atoms with E-state index in [1.54, 1.807) is 18.7 Å². The summed E-state index contributed by atoms with van der Waals surface area (Å²) in [6, 6.07) is 7.23. The number of hydrazine groups is 1. The molecule has 3 heterocycles. The number of aryl methyl sites for hydroxylation is 1. The lowest BCUT2D eigenvalue weighted by Gasteiger charge is -2.39. The van der Waals surface area contributed by atoms with E-state index in [1.807, 2.05) is 78.8 Å². The maximum Gasteiger partial charge on any atom is 0.410 e. The zero-order valence-corrected chi connectivity index (χ0v) is 30.9. The molecule has 2 aromatic rings. The summed E-state index contributed by atoms with van der Waals surface area (Å²) in [7, 11) is 0. The molecule has 13 heteroatoms. The molecule has 0 radical (unpaired) electrons. The molecule has 50 heavy (non-hydrogen) atoms. The summed E-state index contributed by atoms with van der Waals surface area (Å²) < 4.78 is 11.2. The van der Waals surface area contributed by atoms with Crippen molar-refractivity contribution in [3.8, 4) is 0 Å². The number of carbonyl (C=O) groups is 5. The van der Waals surface area contributed by atoms with E-state index < -0.39 is 59.1 Å². The first-order valence-electron chi connectivity index (χ1n) is 17.6. The van der Waals surface area contributed by atoms with Crippen molar-refractivity contribution in [1.82, 2.24) is 31.0 Å². The van der Waals surface area contributed by atoms with Crippen LogP contribution in [-0.4, -0.2) is 88.0 Å². The lowest BCUT2D eigenvalue weighted by molar-refractivity contribution is -0.157. The minimum Gasteiger partial charge on any atom is -0.455 e. The molecule has 13 nitrogen and oxygen atoms in total. The van der Waals surface area contributed by atoms with Gasteiger partial charge >= 0.3 is 12.1 Å². The highest BCUT2D eigenvalue weighted by Gasteiger charge is 2.41. The van der Waals surface area contributed by atoms with Crippen molar-refractivity contribution in [3.63, 3.8) is 0 Å². The molecule has 274 valence electrons. The molecule has 0 saturated carbocycles. The average molecular weight is 695 g/mol. The van der Waals surface area contributed by atoms with Crippen LogP contribution in [0.4, 0.5) is 4.79 Å². The van der Waals surface area contributed by atoms with Crippen molar-refractivity contribution < 1.29 is 33.4 Å². The lowest BCUT2D eigenvalue weighted by Crippen LogP contribution is -2.61. The van der Waals surface area contributed by atoms with Gasteiger partial charge < -0.3 is 25.0 Å². The normalized spacial score (nSPS) is 19.7. The summed E-state index contributed by atoms with van der Waals surface area (Å²) >= 11 is 0. The number of piperidine rings is 1. The number of hydrogen-bond acceptors (Lipinski definition) is 9. The Morgan fingerprint density at radius 2 is 1.64 bits per heavy atom.